The highest BCUT2D eigenvalue weighted by Crippen LogP contribution is 2.26. The molecule has 0 radical (unpaired) electrons. The Morgan fingerprint density at radius 2 is 2.00 bits per heavy atom. The molecule has 68 valence electrons. The molecule has 12 heavy (non-hydrogen) atoms. The van der Waals surface area contributed by atoms with Gasteiger partial charge in [0, 0.05) is 5.54 Å². The van der Waals surface area contributed by atoms with Crippen molar-refractivity contribution < 1.29 is 4.52 Å². The Kier molecular flexibility index (Phi) is 2.33. The number of nitrogens with one attached hydrogen (secondary N) is 1. The molecule has 0 aliphatic carbocycles. The third-order valence-electron chi connectivity index (χ3n) is 1.28. The minimum absolute atomic E-state index is 0.0487. The minimum atomic E-state index is -0.0487. The van der Waals surface area contributed by atoms with Crippen molar-refractivity contribution in [1.29, 1.82) is 0 Å². The van der Waals surface area contributed by atoms with Gasteiger partial charge in [-0.2, -0.15) is 0 Å². The van der Waals surface area contributed by atoms with E-state index >= 15 is 0 Å². The maximum Gasteiger partial charge on any atom is 0.188 e. The van der Waals surface area contributed by atoms with Gasteiger partial charge < -0.3 is 9.84 Å². The molecule has 0 fully saturated rings. The van der Waals surface area contributed by atoms with Crippen LogP contribution < -0.4 is 5.32 Å². The van der Waals surface area contributed by atoms with Crippen LogP contribution in [-0.2, 0) is 0 Å². The quantitative estimate of drug-likeness (QED) is 0.737. The molecule has 1 N–H and O–H groups in total. The lowest BCUT2D eigenvalue weighted by molar-refractivity contribution is 0.398. The second-order valence-electron chi connectivity index (χ2n) is 3.78. The van der Waals surface area contributed by atoms with Crippen molar-refractivity contribution in [3.63, 3.8) is 0 Å². The number of aromatic nitrogens is 1. The molecule has 0 saturated heterocycles. The van der Waals surface area contributed by atoms with Crippen molar-refractivity contribution in [1.82, 2.24) is 5.16 Å². The Hall–Kier alpha value is -0.700. The lowest BCUT2D eigenvalue weighted by Crippen LogP contribution is -2.26. The predicted molar refractivity (Wildman–Crippen MR) is 49.6 cm³/mol. The molecule has 0 spiro atoms. The lowest BCUT2D eigenvalue weighted by atomic mass is 10.1. The first-order valence-electron chi connectivity index (χ1n) is 3.80. The molecule has 0 atom stereocenters. The van der Waals surface area contributed by atoms with Crippen molar-refractivity contribution in [3.8, 4) is 0 Å². The fourth-order valence-corrected chi connectivity index (χ4v) is 0.910. The molecule has 0 bridgehead atoms. The maximum absolute atomic E-state index is 5.90. The summed E-state index contributed by atoms with van der Waals surface area (Å²) in [7, 11) is 0. The summed E-state index contributed by atoms with van der Waals surface area (Å²) in [5, 5.41) is 7.48. The SMILES string of the molecule is Cc1onc(NC(C)(C)C)c1Cl. The topological polar surface area (TPSA) is 38.1 Å². The molecule has 1 rings (SSSR count). The Morgan fingerprint density at radius 3 is 2.33 bits per heavy atom. The van der Waals surface area contributed by atoms with Crippen molar-refractivity contribution in [2.24, 2.45) is 0 Å². The van der Waals surface area contributed by atoms with Crippen LogP contribution in [0, 0.1) is 6.92 Å². The second-order valence-corrected chi connectivity index (χ2v) is 4.15. The highest BCUT2D eigenvalue weighted by molar-refractivity contribution is 6.33. The van der Waals surface area contributed by atoms with Crippen molar-refractivity contribution >= 4 is 17.4 Å². The van der Waals surface area contributed by atoms with E-state index in [2.05, 4.69) is 10.5 Å². The summed E-state index contributed by atoms with van der Waals surface area (Å²) < 4.78 is 4.90. The summed E-state index contributed by atoms with van der Waals surface area (Å²) in [5.41, 5.74) is -0.0487. The highest BCUT2D eigenvalue weighted by atomic mass is 35.5. The summed E-state index contributed by atoms with van der Waals surface area (Å²) in [5.74, 6) is 1.25. The van der Waals surface area contributed by atoms with Gasteiger partial charge >= 0.3 is 0 Å². The van der Waals surface area contributed by atoms with Gasteiger partial charge in [-0.1, -0.05) is 16.8 Å². The minimum Gasteiger partial charge on any atom is -0.361 e. The van der Waals surface area contributed by atoms with Crippen LogP contribution in [0.2, 0.25) is 5.02 Å². The largest absolute Gasteiger partial charge is 0.361 e. The van der Waals surface area contributed by atoms with E-state index in [-0.39, 0.29) is 5.54 Å². The molecular formula is C8H13ClN2O. The summed E-state index contributed by atoms with van der Waals surface area (Å²) in [6.45, 7) is 7.89. The van der Waals surface area contributed by atoms with E-state index in [0.717, 1.165) is 0 Å². The number of hydrogen-bond donors (Lipinski definition) is 1. The number of anilines is 1. The van der Waals surface area contributed by atoms with E-state index in [0.29, 0.717) is 16.6 Å². The normalized spacial score (nSPS) is 11.8. The van der Waals surface area contributed by atoms with Crippen LogP contribution in [0.4, 0.5) is 5.82 Å². The van der Waals surface area contributed by atoms with Gasteiger partial charge in [0.25, 0.3) is 0 Å². The van der Waals surface area contributed by atoms with Crippen molar-refractivity contribution in [2.75, 3.05) is 5.32 Å². The van der Waals surface area contributed by atoms with E-state index in [1.54, 1.807) is 6.92 Å². The molecule has 1 heterocycles. The number of nitrogens with zero attached hydrogens (tertiary/aromatic N) is 1. The van der Waals surface area contributed by atoms with E-state index in [1.165, 1.54) is 0 Å². The van der Waals surface area contributed by atoms with Gasteiger partial charge in [0.05, 0.1) is 0 Å². The molecule has 0 unspecified atom stereocenters. The van der Waals surface area contributed by atoms with Gasteiger partial charge in [-0.25, -0.2) is 0 Å². The summed E-state index contributed by atoms with van der Waals surface area (Å²) in [4.78, 5) is 0. The predicted octanol–water partition coefficient (Wildman–Crippen LogP) is 2.85. The standard InChI is InChI=1S/C8H13ClN2O/c1-5-6(9)7(11-12-5)10-8(2,3)4/h1-4H3,(H,10,11). The van der Waals surface area contributed by atoms with E-state index < -0.39 is 0 Å². The third kappa shape index (κ3) is 2.14. The van der Waals surface area contributed by atoms with Gasteiger partial charge in [0.15, 0.2) is 11.6 Å². The van der Waals surface area contributed by atoms with E-state index in [4.69, 9.17) is 16.1 Å². The Labute approximate surface area is 77.1 Å². The Balaban J connectivity index is 2.83. The van der Waals surface area contributed by atoms with Crippen LogP contribution in [0.5, 0.6) is 0 Å². The first-order valence-corrected chi connectivity index (χ1v) is 4.18. The van der Waals surface area contributed by atoms with Crippen molar-refractivity contribution in [2.45, 2.75) is 33.2 Å². The molecule has 1 aromatic rings. The fraction of sp³-hybridized carbons (Fsp3) is 0.625. The van der Waals surface area contributed by atoms with Gasteiger partial charge in [-0.15, -0.1) is 0 Å². The molecule has 3 nitrogen and oxygen atoms in total. The monoisotopic (exact) mass is 188 g/mol. The zero-order valence-corrected chi connectivity index (χ0v) is 8.49. The summed E-state index contributed by atoms with van der Waals surface area (Å²) in [6.07, 6.45) is 0. The van der Waals surface area contributed by atoms with Gasteiger partial charge in [-0.3, -0.25) is 0 Å². The third-order valence-corrected chi connectivity index (χ3v) is 1.73. The fourth-order valence-electron chi connectivity index (χ4n) is 0.794. The number of hydrogen-bond acceptors (Lipinski definition) is 3. The molecule has 0 saturated carbocycles. The van der Waals surface area contributed by atoms with Gasteiger partial charge in [-0.05, 0) is 27.7 Å². The molecule has 4 heteroatoms. The van der Waals surface area contributed by atoms with Crippen LogP contribution in [0.1, 0.15) is 26.5 Å². The zero-order chi connectivity index (χ0) is 9.35. The zero-order valence-electron chi connectivity index (χ0n) is 7.73. The second kappa shape index (κ2) is 2.98. The van der Waals surface area contributed by atoms with Crippen LogP contribution in [0.3, 0.4) is 0 Å². The smallest absolute Gasteiger partial charge is 0.188 e. The number of rotatable bonds is 1. The first-order chi connectivity index (χ1) is 5.40. The van der Waals surface area contributed by atoms with Gasteiger partial charge in [0.2, 0.25) is 0 Å². The van der Waals surface area contributed by atoms with E-state index in [1.807, 2.05) is 20.8 Å². The van der Waals surface area contributed by atoms with E-state index in [9.17, 15) is 0 Å². The Morgan fingerprint density at radius 1 is 1.42 bits per heavy atom. The van der Waals surface area contributed by atoms with Gasteiger partial charge in [0.1, 0.15) is 5.02 Å². The van der Waals surface area contributed by atoms with Crippen LogP contribution in [0.15, 0.2) is 4.52 Å². The average Bonchev–Trinajstić information content (AvgIpc) is 2.16. The number of aryl methyl sites for hydroxylation is 1. The summed E-state index contributed by atoms with van der Waals surface area (Å²) >= 11 is 5.90. The van der Waals surface area contributed by atoms with Crippen molar-refractivity contribution in [3.05, 3.63) is 10.8 Å². The van der Waals surface area contributed by atoms with Crippen LogP contribution >= 0.6 is 11.6 Å². The molecule has 0 amide bonds. The maximum atomic E-state index is 5.90. The lowest BCUT2D eigenvalue weighted by Gasteiger charge is -2.19. The first kappa shape index (κ1) is 9.39. The molecule has 1 aromatic heterocycles. The molecule has 0 aromatic carbocycles. The molecular weight excluding hydrogens is 176 g/mol. The Bertz CT molecular complexity index is 275. The number of halogens is 1. The summed E-state index contributed by atoms with van der Waals surface area (Å²) in [6, 6.07) is 0. The molecule has 0 aliphatic heterocycles. The van der Waals surface area contributed by atoms with Crippen LogP contribution in [-0.4, -0.2) is 10.7 Å². The molecule has 0 aliphatic rings. The highest BCUT2D eigenvalue weighted by Gasteiger charge is 2.16. The van der Waals surface area contributed by atoms with Crippen LogP contribution in [0.25, 0.3) is 0 Å². The average molecular weight is 189 g/mol.